The summed E-state index contributed by atoms with van der Waals surface area (Å²) in [6.07, 6.45) is 2.29. The minimum Gasteiger partial charge on any atom is -0.361 e. The van der Waals surface area contributed by atoms with Crippen LogP contribution in [0.5, 0.6) is 0 Å². The summed E-state index contributed by atoms with van der Waals surface area (Å²) in [6.45, 7) is 2.74. The van der Waals surface area contributed by atoms with E-state index in [-0.39, 0.29) is 18.1 Å². The smallest absolute Gasteiger partial charge is 0.255 e. The van der Waals surface area contributed by atoms with Crippen LogP contribution in [0.2, 0.25) is 0 Å². The Balaban J connectivity index is 1.37. The lowest BCUT2D eigenvalue weighted by atomic mass is 10.0. The molecule has 1 aromatic heterocycles. The lowest BCUT2D eigenvalue weighted by molar-refractivity contribution is -0.134. The molecule has 3 atom stereocenters. The first-order chi connectivity index (χ1) is 15.2. The molecule has 0 aliphatic carbocycles. The van der Waals surface area contributed by atoms with Crippen molar-refractivity contribution in [2.45, 2.75) is 31.6 Å². The third kappa shape index (κ3) is 3.99. The topological polar surface area (TPSA) is 48.6 Å². The minimum absolute atomic E-state index is 0.0282. The fourth-order valence-electron chi connectivity index (χ4n) is 4.35. The SMILES string of the molecule is C[C@@H](c1ccccc1)N(CCc1c[nH]c2ccccc12)C(=O)[C@@H]1O[C@H]1c1ccccc1. The van der Waals surface area contributed by atoms with Crippen molar-refractivity contribution in [2.24, 2.45) is 0 Å². The first-order valence-corrected chi connectivity index (χ1v) is 10.8. The van der Waals surface area contributed by atoms with E-state index in [4.69, 9.17) is 4.74 Å². The molecule has 5 rings (SSSR count). The molecule has 1 fully saturated rings. The van der Waals surface area contributed by atoms with Crippen LogP contribution in [0.4, 0.5) is 0 Å². The summed E-state index contributed by atoms with van der Waals surface area (Å²) in [5.41, 5.74) is 4.54. The third-order valence-electron chi connectivity index (χ3n) is 6.19. The average molecular weight is 411 g/mol. The van der Waals surface area contributed by atoms with E-state index >= 15 is 0 Å². The van der Waals surface area contributed by atoms with Crippen molar-refractivity contribution in [3.8, 4) is 0 Å². The Morgan fingerprint density at radius 3 is 2.42 bits per heavy atom. The molecule has 2 heterocycles. The van der Waals surface area contributed by atoms with Crippen molar-refractivity contribution in [1.29, 1.82) is 0 Å². The van der Waals surface area contributed by atoms with Crippen LogP contribution in [0.3, 0.4) is 0 Å². The van der Waals surface area contributed by atoms with E-state index in [1.807, 2.05) is 59.5 Å². The second-order valence-electron chi connectivity index (χ2n) is 8.12. The van der Waals surface area contributed by atoms with E-state index in [2.05, 4.69) is 48.4 Å². The number of aromatic nitrogens is 1. The van der Waals surface area contributed by atoms with Crippen molar-refractivity contribution in [3.63, 3.8) is 0 Å². The molecule has 156 valence electrons. The fourth-order valence-corrected chi connectivity index (χ4v) is 4.35. The van der Waals surface area contributed by atoms with Crippen LogP contribution in [-0.4, -0.2) is 28.4 Å². The number of ether oxygens (including phenoxy) is 1. The van der Waals surface area contributed by atoms with E-state index in [0.717, 1.165) is 23.1 Å². The molecular weight excluding hydrogens is 384 g/mol. The molecule has 3 aromatic carbocycles. The Bertz CT molecular complexity index is 1170. The van der Waals surface area contributed by atoms with Crippen LogP contribution in [0.15, 0.2) is 91.1 Å². The Morgan fingerprint density at radius 2 is 1.65 bits per heavy atom. The molecule has 0 bridgehead atoms. The Labute approximate surface area is 182 Å². The highest BCUT2D eigenvalue weighted by Gasteiger charge is 2.48. The maximum Gasteiger partial charge on any atom is 0.255 e. The predicted octanol–water partition coefficient (Wildman–Crippen LogP) is 5.44. The monoisotopic (exact) mass is 410 g/mol. The molecule has 1 N–H and O–H groups in total. The number of hydrogen-bond donors (Lipinski definition) is 1. The van der Waals surface area contributed by atoms with Gasteiger partial charge in [-0.15, -0.1) is 0 Å². The lowest BCUT2D eigenvalue weighted by Gasteiger charge is -2.29. The summed E-state index contributed by atoms with van der Waals surface area (Å²) < 4.78 is 5.84. The highest BCUT2D eigenvalue weighted by Crippen LogP contribution is 2.41. The molecule has 1 aliphatic rings. The van der Waals surface area contributed by atoms with Crippen molar-refractivity contribution >= 4 is 16.8 Å². The standard InChI is InChI=1S/C27H26N2O2/c1-19(20-10-4-2-5-11-20)29(17-16-22-18-28-24-15-9-8-14-23(22)24)27(30)26-25(31-26)21-12-6-3-7-13-21/h2-15,18-19,25-26,28H,16-17H2,1H3/t19-,25-,26+/m0/s1. The Hall–Kier alpha value is -3.37. The first-order valence-electron chi connectivity index (χ1n) is 10.8. The summed E-state index contributed by atoms with van der Waals surface area (Å²) in [6, 6.07) is 28.5. The second kappa shape index (κ2) is 8.40. The van der Waals surface area contributed by atoms with E-state index < -0.39 is 6.10 Å². The predicted molar refractivity (Wildman–Crippen MR) is 123 cm³/mol. The van der Waals surface area contributed by atoms with Gasteiger partial charge in [-0.25, -0.2) is 0 Å². The molecule has 0 spiro atoms. The van der Waals surface area contributed by atoms with Gasteiger partial charge in [0.1, 0.15) is 6.10 Å². The number of carbonyl (C=O) groups is 1. The van der Waals surface area contributed by atoms with E-state index in [1.54, 1.807) is 0 Å². The van der Waals surface area contributed by atoms with Gasteiger partial charge in [-0.3, -0.25) is 4.79 Å². The van der Waals surface area contributed by atoms with Crippen LogP contribution in [-0.2, 0) is 16.0 Å². The van der Waals surface area contributed by atoms with Gasteiger partial charge in [-0.1, -0.05) is 78.9 Å². The van der Waals surface area contributed by atoms with Gasteiger partial charge in [-0.05, 0) is 36.1 Å². The van der Waals surface area contributed by atoms with E-state index in [9.17, 15) is 4.79 Å². The molecule has 4 heteroatoms. The molecular formula is C27H26N2O2. The van der Waals surface area contributed by atoms with E-state index in [1.165, 1.54) is 10.9 Å². The number of nitrogens with zero attached hydrogens (tertiary/aromatic N) is 1. The maximum absolute atomic E-state index is 13.5. The summed E-state index contributed by atoms with van der Waals surface area (Å²) >= 11 is 0. The first kappa shape index (κ1) is 19.6. The molecule has 4 aromatic rings. The molecule has 4 nitrogen and oxygen atoms in total. The molecule has 1 amide bonds. The molecule has 0 radical (unpaired) electrons. The number of hydrogen-bond acceptors (Lipinski definition) is 2. The van der Waals surface area contributed by atoms with Crippen LogP contribution in [0, 0.1) is 0 Å². The Kier molecular flexibility index (Phi) is 5.31. The lowest BCUT2D eigenvalue weighted by Crippen LogP contribution is -2.38. The Morgan fingerprint density at radius 1 is 0.968 bits per heavy atom. The zero-order chi connectivity index (χ0) is 21.2. The number of benzene rings is 3. The van der Waals surface area contributed by atoms with Gasteiger partial charge in [0.15, 0.2) is 6.10 Å². The molecule has 0 unspecified atom stereocenters. The molecule has 31 heavy (non-hydrogen) atoms. The number of epoxide rings is 1. The quantitative estimate of drug-likeness (QED) is 0.413. The number of aromatic amines is 1. The van der Waals surface area contributed by atoms with Gasteiger partial charge in [0.25, 0.3) is 5.91 Å². The van der Waals surface area contributed by atoms with Crippen LogP contribution in [0.1, 0.15) is 35.8 Å². The van der Waals surface area contributed by atoms with Gasteiger partial charge in [0.2, 0.25) is 0 Å². The zero-order valence-corrected chi connectivity index (χ0v) is 17.6. The average Bonchev–Trinajstić information content (AvgIpc) is 3.54. The minimum atomic E-state index is -0.406. The van der Waals surface area contributed by atoms with Gasteiger partial charge < -0.3 is 14.6 Å². The van der Waals surface area contributed by atoms with Crippen molar-refractivity contribution in [2.75, 3.05) is 6.54 Å². The molecule has 1 aliphatic heterocycles. The van der Waals surface area contributed by atoms with Gasteiger partial charge >= 0.3 is 0 Å². The van der Waals surface area contributed by atoms with Crippen LogP contribution >= 0.6 is 0 Å². The van der Waals surface area contributed by atoms with Gasteiger partial charge in [0, 0.05) is 23.6 Å². The molecule has 0 saturated carbocycles. The van der Waals surface area contributed by atoms with Gasteiger partial charge in [-0.2, -0.15) is 0 Å². The number of fused-ring (bicyclic) bond motifs is 1. The number of para-hydroxylation sites is 1. The number of nitrogens with one attached hydrogen (secondary N) is 1. The number of rotatable bonds is 7. The third-order valence-corrected chi connectivity index (χ3v) is 6.19. The van der Waals surface area contributed by atoms with Gasteiger partial charge in [0.05, 0.1) is 6.04 Å². The number of H-pyrrole nitrogens is 1. The zero-order valence-electron chi connectivity index (χ0n) is 17.6. The highest BCUT2D eigenvalue weighted by molar-refractivity contribution is 5.85. The normalized spacial score (nSPS) is 18.6. The van der Waals surface area contributed by atoms with Crippen molar-refractivity contribution in [1.82, 2.24) is 9.88 Å². The number of amides is 1. The number of carbonyl (C=O) groups excluding carboxylic acids is 1. The molecule has 1 saturated heterocycles. The second-order valence-corrected chi connectivity index (χ2v) is 8.12. The van der Waals surface area contributed by atoms with Crippen LogP contribution in [0.25, 0.3) is 10.9 Å². The summed E-state index contributed by atoms with van der Waals surface area (Å²) in [7, 11) is 0. The van der Waals surface area contributed by atoms with E-state index in [0.29, 0.717) is 6.54 Å². The maximum atomic E-state index is 13.5. The highest BCUT2D eigenvalue weighted by atomic mass is 16.6. The summed E-state index contributed by atoms with van der Waals surface area (Å²) in [5.74, 6) is 0.0602. The van der Waals surface area contributed by atoms with Crippen molar-refractivity contribution in [3.05, 3.63) is 108 Å². The van der Waals surface area contributed by atoms with Crippen molar-refractivity contribution < 1.29 is 9.53 Å². The summed E-state index contributed by atoms with van der Waals surface area (Å²) in [4.78, 5) is 18.8. The fraction of sp³-hybridized carbons (Fsp3) is 0.222. The summed E-state index contributed by atoms with van der Waals surface area (Å²) in [5, 5.41) is 1.21. The largest absolute Gasteiger partial charge is 0.361 e. The van der Waals surface area contributed by atoms with Crippen LogP contribution < -0.4 is 0 Å².